The van der Waals surface area contributed by atoms with Crippen molar-refractivity contribution in [2.24, 2.45) is 0 Å². The minimum absolute atomic E-state index is 0. The summed E-state index contributed by atoms with van der Waals surface area (Å²) in [7, 11) is 0. The van der Waals surface area contributed by atoms with Gasteiger partial charge in [-0.05, 0) is 31.9 Å². The molecule has 1 atom stereocenters. The molecule has 19 heavy (non-hydrogen) atoms. The maximum Gasteiger partial charge on any atom is 0.229 e. The van der Waals surface area contributed by atoms with E-state index in [1.165, 1.54) is 0 Å². The highest BCUT2D eigenvalue weighted by Crippen LogP contribution is 2.21. The van der Waals surface area contributed by atoms with Crippen molar-refractivity contribution in [1.82, 2.24) is 15.4 Å². The molecule has 1 N–H and O–H groups in total. The van der Waals surface area contributed by atoms with Crippen LogP contribution in [0, 0.1) is 6.92 Å². The molecule has 1 fully saturated rings. The lowest BCUT2D eigenvalue weighted by atomic mass is 10.1. The molecule has 0 aromatic carbocycles. The molecule has 1 aliphatic rings. The molecule has 0 unspecified atom stereocenters. The SMILES string of the molecule is Cc1noc(Cl)c1CCC(=O)N1CCNC[C@@H]1C.Cl. The molecule has 2 heterocycles. The Kier molecular flexibility index (Phi) is 6.10. The summed E-state index contributed by atoms with van der Waals surface area (Å²) in [6.07, 6.45) is 1.04. The van der Waals surface area contributed by atoms with E-state index < -0.39 is 0 Å². The standard InChI is InChI=1S/C12H18ClN3O2.ClH/c1-8-7-14-5-6-16(8)11(17)4-3-10-9(2)15-18-12(10)13;/h8,14H,3-7H2,1-2H3;1H/t8-;/m0./s1. The molecular weight excluding hydrogens is 289 g/mol. The number of aromatic nitrogens is 1. The summed E-state index contributed by atoms with van der Waals surface area (Å²) in [5, 5.41) is 7.35. The van der Waals surface area contributed by atoms with Crippen molar-refractivity contribution < 1.29 is 9.32 Å². The lowest BCUT2D eigenvalue weighted by Crippen LogP contribution is -2.52. The summed E-state index contributed by atoms with van der Waals surface area (Å²) in [5.41, 5.74) is 1.61. The van der Waals surface area contributed by atoms with Crippen LogP contribution in [0.5, 0.6) is 0 Å². The Morgan fingerprint density at radius 1 is 1.63 bits per heavy atom. The van der Waals surface area contributed by atoms with E-state index in [-0.39, 0.29) is 24.4 Å². The molecular formula is C12H19Cl2N3O2. The Morgan fingerprint density at radius 2 is 2.37 bits per heavy atom. The fourth-order valence-electron chi connectivity index (χ4n) is 2.23. The van der Waals surface area contributed by atoms with Gasteiger partial charge in [0.15, 0.2) is 0 Å². The van der Waals surface area contributed by atoms with Crippen LogP contribution in [0.4, 0.5) is 0 Å². The van der Waals surface area contributed by atoms with Crippen LogP contribution in [0.2, 0.25) is 5.22 Å². The summed E-state index contributed by atoms with van der Waals surface area (Å²) in [6.45, 7) is 6.39. The van der Waals surface area contributed by atoms with E-state index in [0.717, 1.165) is 30.9 Å². The van der Waals surface area contributed by atoms with E-state index >= 15 is 0 Å². The predicted octanol–water partition coefficient (Wildman–Crippen LogP) is 1.81. The molecule has 1 aliphatic heterocycles. The number of carbonyl (C=O) groups excluding carboxylic acids is 1. The van der Waals surface area contributed by atoms with Crippen LogP contribution in [0.15, 0.2) is 4.52 Å². The first-order valence-corrected chi connectivity index (χ1v) is 6.58. The number of halogens is 2. The van der Waals surface area contributed by atoms with Gasteiger partial charge in [0.25, 0.3) is 0 Å². The quantitative estimate of drug-likeness (QED) is 0.925. The largest absolute Gasteiger partial charge is 0.344 e. The molecule has 0 saturated carbocycles. The maximum absolute atomic E-state index is 12.1. The second-order valence-corrected chi connectivity index (χ2v) is 5.00. The van der Waals surface area contributed by atoms with Gasteiger partial charge in [-0.2, -0.15) is 0 Å². The number of nitrogens with one attached hydrogen (secondary N) is 1. The van der Waals surface area contributed by atoms with Gasteiger partial charge in [-0.25, -0.2) is 0 Å². The van der Waals surface area contributed by atoms with Gasteiger partial charge in [-0.3, -0.25) is 4.79 Å². The summed E-state index contributed by atoms with van der Waals surface area (Å²) >= 11 is 5.88. The average molecular weight is 308 g/mol. The molecule has 108 valence electrons. The highest BCUT2D eigenvalue weighted by molar-refractivity contribution is 6.29. The van der Waals surface area contributed by atoms with Crippen LogP contribution in [0.3, 0.4) is 0 Å². The van der Waals surface area contributed by atoms with Gasteiger partial charge in [0.2, 0.25) is 11.1 Å². The van der Waals surface area contributed by atoms with Crippen molar-refractivity contribution in [2.75, 3.05) is 19.6 Å². The molecule has 1 saturated heterocycles. The predicted molar refractivity (Wildman–Crippen MR) is 75.9 cm³/mol. The maximum atomic E-state index is 12.1. The van der Waals surface area contributed by atoms with Crippen molar-refractivity contribution in [3.8, 4) is 0 Å². The van der Waals surface area contributed by atoms with Crippen LogP contribution < -0.4 is 5.32 Å². The third-order valence-corrected chi connectivity index (χ3v) is 3.64. The lowest BCUT2D eigenvalue weighted by Gasteiger charge is -2.34. The zero-order valence-electron chi connectivity index (χ0n) is 11.1. The fraction of sp³-hybridized carbons (Fsp3) is 0.667. The van der Waals surface area contributed by atoms with Gasteiger partial charge in [-0.1, -0.05) is 5.16 Å². The van der Waals surface area contributed by atoms with Crippen molar-refractivity contribution in [3.63, 3.8) is 0 Å². The highest BCUT2D eigenvalue weighted by Gasteiger charge is 2.23. The van der Waals surface area contributed by atoms with Crippen molar-refractivity contribution >= 4 is 29.9 Å². The molecule has 1 amide bonds. The molecule has 0 radical (unpaired) electrons. The Bertz CT molecular complexity index is 417. The second kappa shape index (κ2) is 7.12. The van der Waals surface area contributed by atoms with Gasteiger partial charge < -0.3 is 14.7 Å². The molecule has 1 aromatic rings. The molecule has 0 bridgehead atoms. The number of nitrogens with zero attached hydrogens (tertiary/aromatic N) is 2. The third-order valence-electron chi connectivity index (χ3n) is 3.35. The monoisotopic (exact) mass is 307 g/mol. The van der Waals surface area contributed by atoms with Crippen LogP contribution in [0.1, 0.15) is 24.6 Å². The Labute approximate surface area is 124 Å². The Balaban J connectivity index is 0.00000180. The second-order valence-electron chi connectivity index (χ2n) is 4.66. The van der Waals surface area contributed by atoms with Crippen LogP contribution in [-0.4, -0.2) is 41.6 Å². The molecule has 7 heteroatoms. The number of piperazine rings is 1. The van der Waals surface area contributed by atoms with Gasteiger partial charge in [0, 0.05) is 37.7 Å². The number of amides is 1. The summed E-state index contributed by atoms with van der Waals surface area (Å²) in [4.78, 5) is 14.1. The van der Waals surface area contributed by atoms with Gasteiger partial charge in [0.05, 0.1) is 5.69 Å². The first-order valence-electron chi connectivity index (χ1n) is 6.20. The van der Waals surface area contributed by atoms with Crippen LogP contribution in [0.25, 0.3) is 0 Å². The van der Waals surface area contributed by atoms with Crippen molar-refractivity contribution in [3.05, 3.63) is 16.5 Å². The Morgan fingerprint density at radius 3 is 2.95 bits per heavy atom. The number of carbonyl (C=O) groups is 1. The number of rotatable bonds is 3. The summed E-state index contributed by atoms with van der Waals surface area (Å²) < 4.78 is 4.87. The van der Waals surface area contributed by atoms with E-state index in [1.807, 2.05) is 11.8 Å². The number of aryl methyl sites for hydroxylation is 1. The molecule has 0 aliphatic carbocycles. The molecule has 2 rings (SSSR count). The smallest absolute Gasteiger partial charge is 0.229 e. The van der Waals surface area contributed by atoms with Crippen LogP contribution >= 0.6 is 24.0 Å². The first kappa shape index (κ1) is 16.3. The minimum atomic E-state index is 0. The molecule has 1 aromatic heterocycles. The number of hydrogen-bond donors (Lipinski definition) is 1. The lowest BCUT2D eigenvalue weighted by molar-refractivity contribution is -0.133. The average Bonchev–Trinajstić information content (AvgIpc) is 2.67. The van der Waals surface area contributed by atoms with Gasteiger partial charge >= 0.3 is 0 Å². The Hall–Kier alpha value is -0.780. The van der Waals surface area contributed by atoms with E-state index in [1.54, 1.807) is 0 Å². The topological polar surface area (TPSA) is 58.4 Å². The highest BCUT2D eigenvalue weighted by atomic mass is 35.5. The number of hydrogen-bond acceptors (Lipinski definition) is 4. The summed E-state index contributed by atoms with van der Waals surface area (Å²) in [5.74, 6) is 0.167. The molecule has 5 nitrogen and oxygen atoms in total. The zero-order chi connectivity index (χ0) is 13.1. The first-order chi connectivity index (χ1) is 8.59. The van der Waals surface area contributed by atoms with Gasteiger partial charge in [0.1, 0.15) is 0 Å². The van der Waals surface area contributed by atoms with E-state index in [2.05, 4.69) is 17.4 Å². The van der Waals surface area contributed by atoms with E-state index in [9.17, 15) is 4.79 Å². The zero-order valence-corrected chi connectivity index (χ0v) is 12.7. The minimum Gasteiger partial charge on any atom is -0.344 e. The third kappa shape index (κ3) is 3.84. The van der Waals surface area contributed by atoms with E-state index in [4.69, 9.17) is 16.1 Å². The molecule has 0 spiro atoms. The van der Waals surface area contributed by atoms with Crippen molar-refractivity contribution in [1.29, 1.82) is 0 Å². The fourth-order valence-corrected chi connectivity index (χ4v) is 2.49. The normalized spacial score (nSPS) is 19.1. The van der Waals surface area contributed by atoms with Gasteiger partial charge in [-0.15, -0.1) is 12.4 Å². The summed E-state index contributed by atoms with van der Waals surface area (Å²) in [6, 6.07) is 0.255. The van der Waals surface area contributed by atoms with Crippen LogP contribution in [-0.2, 0) is 11.2 Å². The van der Waals surface area contributed by atoms with Crippen molar-refractivity contribution in [2.45, 2.75) is 32.7 Å². The van der Waals surface area contributed by atoms with E-state index in [0.29, 0.717) is 18.1 Å².